The average Bonchev–Trinajstić information content (AvgIpc) is 3.63. The summed E-state index contributed by atoms with van der Waals surface area (Å²) in [5, 5.41) is 4.87. The van der Waals surface area contributed by atoms with Gasteiger partial charge in [0.2, 0.25) is 0 Å². The van der Waals surface area contributed by atoms with E-state index in [1.54, 1.807) is 0 Å². The van der Waals surface area contributed by atoms with Crippen LogP contribution >= 0.6 is 0 Å². The van der Waals surface area contributed by atoms with Gasteiger partial charge in [-0.1, -0.05) is 81.4 Å². The van der Waals surface area contributed by atoms with Crippen LogP contribution in [0.2, 0.25) is 0 Å². The van der Waals surface area contributed by atoms with E-state index in [-0.39, 0.29) is 11.5 Å². The molecular formula is C41H36N4. The zero-order chi connectivity index (χ0) is 30.9. The number of rotatable bonds is 4. The van der Waals surface area contributed by atoms with E-state index in [4.69, 9.17) is 9.97 Å². The Hall–Kier alpha value is -5.22. The van der Waals surface area contributed by atoms with Crippen molar-refractivity contribution in [1.82, 2.24) is 19.5 Å². The van der Waals surface area contributed by atoms with Crippen molar-refractivity contribution in [3.8, 4) is 33.8 Å². The van der Waals surface area contributed by atoms with E-state index < -0.39 is 0 Å². The lowest BCUT2D eigenvalue weighted by atomic mass is 9.85. The lowest BCUT2D eigenvalue weighted by Gasteiger charge is -2.21. The van der Waals surface area contributed by atoms with Crippen LogP contribution in [0.15, 0.2) is 115 Å². The molecule has 0 fully saturated rings. The maximum atomic E-state index is 5.53. The number of H-pyrrole nitrogens is 1. The fourth-order valence-electron chi connectivity index (χ4n) is 6.82. The number of pyridine rings is 1. The van der Waals surface area contributed by atoms with Crippen molar-refractivity contribution in [3.63, 3.8) is 0 Å². The Morgan fingerprint density at radius 1 is 0.689 bits per heavy atom. The highest BCUT2D eigenvalue weighted by molar-refractivity contribution is 6.12. The molecule has 0 aliphatic heterocycles. The highest BCUT2D eigenvalue weighted by Gasteiger charge is 2.24. The third kappa shape index (κ3) is 4.43. The van der Waals surface area contributed by atoms with Crippen LogP contribution < -0.4 is 0 Å². The summed E-state index contributed by atoms with van der Waals surface area (Å²) in [6.45, 7) is 11.4. The van der Waals surface area contributed by atoms with Gasteiger partial charge in [-0.3, -0.25) is 4.98 Å². The summed E-state index contributed by atoms with van der Waals surface area (Å²) in [5.74, 6) is 0.987. The molecule has 3 heterocycles. The second kappa shape index (κ2) is 10.2. The number of nitrogens with zero attached hydrogens (tertiary/aromatic N) is 3. The summed E-state index contributed by atoms with van der Waals surface area (Å²) >= 11 is 0. The second-order valence-corrected chi connectivity index (χ2v) is 13.4. The summed E-state index contributed by atoms with van der Waals surface area (Å²) in [6.07, 6.45) is 1.87. The summed E-state index contributed by atoms with van der Waals surface area (Å²) in [4.78, 5) is 14.0. The summed E-state index contributed by atoms with van der Waals surface area (Å²) in [6, 6.07) is 39.4. The zero-order valence-electron chi connectivity index (χ0n) is 26.4. The molecule has 5 aromatic carbocycles. The Balaban J connectivity index is 1.44. The van der Waals surface area contributed by atoms with E-state index in [2.05, 4.69) is 147 Å². The number of benzene rings is 5. The third-order valence-electron chi connectivity index (χ3n) is 9.07. The minimum atomic E-state index is -0.0197. The number of fused-ring (bicyclic) bond motifs is 5. The molecule has 0 radical (unpaired) electrons. The van der Waals surface area contributed by atoms with Crippen molar-refractivity contribution in [2.45, 2.75) is 46.1 Å². The fourth-order valence-corrected chi connectivity index (χ4v) is 6.82. The fraction of sp³-hybridized carbons (Fsp3) is 0.171. The van der Waals surface area contributed by atoms with E-state index in [0.717, 1.165) is 55.8 Å². The highest BCUT2D eigenvalue weighted by Crippen LogP contribution is 2.42. The predicted octanol–water partition coefficient (Wildman–Crippen LogP) is 11.1. The molecule has 0 saturated heterocycles. The Labute approximate surface area is 263 Å². The zero-order valence-corrected chi connectivity index (χ0v) is 26.4. The van der Waals surface area contributed by atoms with Crippen molar-refractivity contribution < 1.29 is 0 Å². The molecule has 4 nitrogen and oxygen atoms in total. The lowest BCUT2D eigenvalue weighted by Crippen LogP contribution is -2.11. The molecule has 0 amide bonds. The van der Waals surface area contributed by atoms with Crippen LogP contribution in [0.1, 0.15) is 46.2 Å². The van der Waals surface area contributed by atoms with Crippen LogP contribution in [0.25, 0.3) is 77.4 Å². The van der Waals surface area contributed by atoms with Gasteiger partial charge in [-0.15, -0.1) is 0 Å². The summed E-state index contributed by atoms with van der Waals surface area (Å²) in [7, 11) is 0. The van der Waals surface area contributed by atoms with Crippen molar-refractivity contribution in [1.29, 1.82) is 0 Å². The Kier molecular flexibility index (Phi) is 6.18. The monoisotopic (exact) mass is 584 g/mol. The summed E-state index contributed by atoms with van der Waals surface area (Å²) in [5.41, 5.74) is 11.2. The number of para-hydroxylation sites is 2. The van der Waals surface area contributed by atoms with Crippen LogP contribution in [0.5, 0.6) is 0 Å². The van der Waals surface area contributed by atoms with Gasteiger partial charge in [0.25, 0.3) is 0 Å². The van der Waals surface area contributed by atoms with Gasteiger partial charge in [-0.2, -0.15) is 0 Å². The van der Waals surface area contributed by atoms with Gasteiger partial charge in [-0.25, -0.2) is 4.98 Å². The summed E-state index contributed by atoms with van der Waals surface area (Å²) < 4.78 is 2.41. The molecular weight excluding hydrogens is 548 g/mol. The van der Waals surface area contributed by atoms with Crippen LogP contribution in [0.4, 0.5) is 0 Å². The second-order valence-electron chi connectivity index (χ2n) is 13.4. The Bertz CT molecular complexity index is 2380. The molecule has 8 rings (SSSR count). The predicted molar refractivity (Wildman–Crippen MR) is 190 cm³/mol. The number of nitrogens with one attached hydrogen (secondary N) is 1. The molecule has 0 spiro atoms. The average molecular weight is 585 g/mol. The SMILES string of the molecule is CC(C)n1c(-c2cc(C(C)(C)C)cc3c2[nH]c2ccccc23)nc2c(-c3cc(-c4ccccn4)c4ccccc4c3)cccc21. The number of hydrogen-bond acceptors (Lipinski definition) is 2. The van der Waals surface area contributed by atoms with E-state index in [1.165, 1.54) is 27.1 Å². The largest absolute Gasteiger partial charge is 0.354 e. The van der Waals surface area contributed by atoms with Gasteiger partial charge in [0.15, 0.2) is 0 Å². The first-order chi connectivity index (χ1) is 21.8. The van der Waals surface area contributed by atoms with Gasteiger partial charge in [0, 0.05) is 45.2 Å². The normalized spacial score (nSPS) is 12.3. The topological polar surface area (TPSA) is 46.5 Å². The lowest BCUT2D eigenvalue weighted by molar-refractivity contribution is 0.591. The molecule has 45 heavy (non-hydrogen) atoms. The highest BCUT2D eigenvalue weighted by atomic mass is 15.1. The Morgan fingerprint density at radius 2 is 1.47 bits per heavy atom. The molecule has 4 heteroatoms. The molecule has 0 bridgehead atoms. The first kappa shape index (κ1) is 27.3. The molecule has 220 valence electrons. The Morgan fingerprint density at radius 3 is 2.24 bits per heavy atom. The van der Waals surface area contributed by atoms with Gasteiger partial charge < -0.3 is 9.55 Å². The van der Waals surface area contributed by atoms with E-state index in [9.17, 15) is 0 Å². The standard InChI is InChI=1S/C41H36N4/c1-25(2)45-37-19-12-16-30(27-21-26-13-6-7-14-29(26)32(22-27)35-17-10-11-20-42-35)39(37)44-40(45)34-24-28(41(3,4)5)23-33-31-15-8-9-18-36(31)43-38(33)34/h6-25,43H,1-5H3. The number of aromatic nitrogens is 4. The molecule has 0 unspecified atom stereocenters. The molecule has 1 N–H and O–H groups in total. The smallest absolute Gasteiger partial charge is 0.143 e. The molecule has 0 aliphatic rings. The minimum Gasteiger partial charge on any atom is -0.354 e. The van der Waals surface area contributed by atoms with Gasteiger partial charge in [0.05, 0.1) is 22.2 Å². The van der Waals surface area contributed by atoms with Crippen molar-refractivity contribution in [2.75, 3.05) is 0 Å². The van der Waals surface area contributed by atoms with Gasteiger partial charge in [0.1, 0.15) is 5.82 Å². The number of imidazole rings is 1. The van der Waals surface area contributed by atoms with Crippen LogP contribution in [0.3, 0.4) is 0 Å². The van der Waals surface area contributed by atoms with Gasteiger partial charge >= 0.3 is 0 Å². The van der Waals surface area contributed by atoms with Crippen molar-refractivity contribution >= 4 is 43.6 Å². The number of hydrogen-bond donors (Lipinski definition) is 1. The quantitative estimate of drug-likeness (QED) is 0.224. The van der Waals surface area contributed by atoms with E-state index in [0.29, 0.717) is 0 Å². The van der Waals surface area contributed by atoms with Crippen LogP contribution in [-0.4, -0.2) is 19.5 Å². The van der Waals surface area contributed by atoms with Crippen molar-refractivity contribution in [3.05, 3.63) is 121 Å². The molecule has 0 saturated carbocycles. The first-order valence-electron chi connectivity index (χ1n) is 15.8. The van der Waals surface area contributed by atoms with Crippen LogP contribution in [0, 0.1) is 0 Å². The maximum absolute atomic E-state index is 5.53. The van der Waals surface area contributed by atoms with Crippen LogP contribution in [-0.2, 0) is 5.41 Å². The molecule has 0 aliphatic carbocycles. The first-order valence-corrected chi connectivity index (χ1v) is 15.8. The minimum absolute atomic E-state index is 0.0197. The molecule has 3 aromatic heterocycles. The van der Waals surface area contributed by atoms with Gasteiger partial charge in [-0.05, 0) is 89.7 Å². The third-order valence-corrected chi connectivity index (χ3v) is 9.07. The van der Waals surface area contributed by atoms with Crippen molar-refractivity contribution in [2.24, 2.45) is 0 Å². The van der Waals surface area contributed by atoms with E-state index in [1.807, 2.05) is 12.3 Å². The number of aromatic amines is 1. The maximum Gasteiger partial charge on any atom is 0.143 e. The molecule has 0 atom stereocenters. The van der Waals surface area contributed by atoms with E-state index >= 15 is 0 Å². The molecule has 8 aromatic rings.